The normalized spacial score (nSPS) is 10.0. The van der Waals surface area contributed by atoms with E-state index in [0.29, 0.717) is 12.1 Å². The minimum absolute atomic E-state index is 0.338. The highest BCUT2D eigenvalue weighted by atomic mass is 79.9. The van der Waals surface area contributed by atoms with Crippen molar-refractivity contribution >= 4 is 27.6 Å². The molecule has 0 bridgehead atoms. The third kappa shape index (κ3) is 3.35. The molecule has 0 saturated heterocycles. The average Bonchev–Trinajstić information content (AvgIpc) is 2.46. The van der Waals surface area contributed by atoms with Crippen LogP contribution in [-0.2, 0) is 11.3 Å². The molecule has 0 fully saturated rings. The first kappa shape index (κ1) is 13.6. The Kier molecular flexibility index (Phi) is 4.58. The Morgan fingerprint density at radius 3 is 2.58 bits per heavy atom. The van der Waals surface area contributed by atoms with E-state index in [1.54, 1.807) is 6.07 Å². The van der Waals surface area contributed by atoms with Crippen LogP contribution in [0.15, 0.2) is 53.0 Å². The monoisotopic (exact) mass is 319 g/mol. The van der Waals surface area contributed by atoms with Crippen molar-refractivity contribution in [3.8, 4) is 0 Å². The molecule has 0 unspecified atom stereocenters. The van der Waals surface area contributed by atoms with E-state index in [4.69, 9.17) is 4.74 Å². The molecule has 0 saturated carbocycles. The SMILES string of the molecule is COC(=O)c1ccccc1NCc1ccccc1Br. The number of halogens is 1. The second-order valence-electron chi connectivity index (χ2n) is 3.98. The van der Waals surface area contributed by atoms with Gasteiger partial charge in [-0.25, -0.2) is 4.79 Å². The lowest BCUT2D eigenvalue weighted by molar-refractivity contribution is 0.0602. The summed E-state index contributed by atoms with van der Waals surface area (Å²) >= 11 is 3.50. The van der Waals surface area contributed by atoms with E-state index in [0.717, 1.165) is 15.7 Å². The molecule has 0 aliphatic carbocycles. The Hall–Kier alpha value is -1.81. The highest BCUT2D eigenvalue weighted by Gasteiger charge is 2.10. The molecular formula is C15H14BrNO2. The maximum Gasteiger partial charge on any atom is 0.339 e. The quantitative estimate of drug-likeness (QED) is 0.870. The second-order valence-corrected chi connectivity index (χ2v) is 4.84. The molecule has 2 rings (SSSR count). The van der Waals surface area contributed by atoms with Crippen molar-refractivity contribution in [2.45, 2.75) is 6.54 Å². The van der Waals surface area contributed by atoms with Crippen molar-refractivity contribution in [3.05, 3.63) is 64.1 Å². The molecule has 19 heavy (non-hydrogen) atoms. The zero-order valence-electron chi connectivity index (χ0n) is 10.5. The van der Waals surface area contributed by atoms with Gasteiger partial charge in [0.25, 0.3) is 0 Å². The Labute approximate surface area is 120 Å². The fourth-order valence-corrected chi connectivity index (χ4v) is 2.18. The summed E-state index contributed by atoms with van der Waals surface area (Å²) in [6.07, 6.45) is 0. The van der Waals surface area contributed by atoms with E-state index in [9.17, 15) is 4.79 Å². The maximum absolute atomic E-state index is 11.6. The van der Waals surface area contributed by atoms with E-state index in [1.807, 2.05) is 42.5 Å². The number of para-hydroxylation sites is 1. The number of carbonyl (C=O) groups excluding carboxylic acids is 1. The van der Waals surface area contributed by atoms with Gasteiger partial charge in [-0.2, -0.15) is 0 Å². The molecule has 0 aromatic heterocycles. The highest BCUT2D eigenvalue weighted by molar-refractivity contribution is 9.10. The summed E-state index contributed by atoms with van der Waals surface area (Å²) in [6, 6.07) is 15.3. The van der Waals surface area contributed by atoms with Crippen molar-refractivity contribution in [2.24, 2.45) is 0 Å². The summed E-state index contributed by atoms with van der Waals surface area (Å²) in [6.45, 7) is 0.634. The van der Waals surface area contributed by atoms with Crippen molar-refractivity contribution < 1.29 is 9.53 Å². The molecule has 0 radical (unpaired) electrons. The molecule has 3 nitrogen and oxygen atoms in total. The third-order valence-electron chi connectivity index (χ3n) is 2.76. The van der Waals surface area contributed by atoms with Crippen molar-refractivity contribution in [3.63, 3.8) is 0 Å². The minimum Gasteiger partial charge on any atom is -0.465 e. The number of hydrogen-bond donors (Lipinski definition) is 1. The molecule has 2 aromatic carbocycles. The van der Waals surface area contributed by atoms with E-state index >= 15 is 0 Å². The summed E-state index contributed by atoms with van der Waals surface area (Å²) in [5.74, 6) is -0.338. The zero-order chi connectivity index (χ0) is 13.7. The summed E-state index contributed by atoms with van der Waals surface area (Å²) in [5, 5.41) is 3.25. The minimum atomic E-state index is -0.338. The standard InChI is InChI=1S/C15H14BrNO2/c1-19-15(18)12-7-3-5-9-14(12)17-10-11-6-2-4-8-13(11)16/h2-9,17H,10H2,1H3. The molecule has 4 heteroatoms. The molecular weight excluding hydrogens is 306 g/mol. The second kappa shape index (κ2) is 6.38. The molecule has 2 aromatic rings. The van der Waals surface area contributed by atoms with Crippen LogP contribution in [0.1, 0.15) is 15.9 Å². The molecule has 0 aliphatic heterocycles. The van der Waals surface area contributed by atoms with Gasteiger partial charge in [-0.3, -0.25) is 0 Å². The molecule has 98 valence electrons. The maximum atomic E-state index is 11.6. The Bertz CT molecular complexity index is 584. The predicted octanol–water partition coefficient (Wildman–Crippen LogP) is 3.85. The van der Waals surface area contributed by atoms with Gasteiger partial charge in [0.15, 0.2) is 0 Å². The fourth-order valence-electron chi connectivity index (χ4n) is 1.76. The number of benzene rings is 2. The van der Waals surface area contributed by atoms with Crippen LogP contribution in [0, 0.1) is 0 Å². The number of carbonyl (C=O) groups is 1. The lowest BCUT2D eigenvalue weighted by atomic mass is 10.1. The predicted molar refractivity (Wildman–Crippen MR) is 79.3 cm³/mol. The molecule has 1 N–H and O–H groups in total. The number of ether oxygens (including phenoxy) is 1. The van der Waals surface area contributed by atoms with Crippen molar-refractivity contribution in [1.29, 1.82) is 0 Å². The first-order chi connectivity index (χ1) is 9.22. The lowest BCUT2D eigenvalue weighted by Crippen LogP contribution is -2.08. The van der Waals surface area contributed by atoms with Gasteiger partial charge in [-0.05, 0) is 23.8 Å². The van der Waals surface area contributed by atoms with Crippen LogP contribution in [0.4, 0.5) is 5.69 Å². The summed E-state index contributed by atoms with van der Waals surface area (Å²) < 4.78 is 5.80. The number of methoxy groups -OCH3 is 1. The Balaban J connectivity index is 2.16. The summed E-state index contributed by atoms with van der Waals surface area (Å²) in [5.41, 5.74) is 2.43. The molecule has 0 amide bonds. The average molecular weight is 320 g/mol. The van der Waals surface area contributed by atoms with Gasteiger partial charge in [-0.15, -0.1) is 0 Å². The van der Waals surface area contributed by atoms with Crippen LogP contribution in [0.3, 0.4) is 0 Å². The van der Waals surface area contributed by atoms with E-state index in [2.05, 4.69) is 21.2 Å². The fraction of sp³-hybridized carbons (Fsp3) is 0.133. The van der Waals surface area contributed by atoms with Gasteiger partial charge in [-0.1, -0.05) is 46.3 Å². The number of hydrogen-bond acceptors (Lipinski definition) is 3. The van der Waals surface area contributed by atoms with Crippen molar-refractivity contribution in [1.82, 2.24) is 0 Å². The largest absolute Gasteiger partial charge is 0.465 e. The molecule has 0 aliphatic rings. The van der Waals surface area contributed by atoms with Gasteiger partial charge >= 0.3 is 5.97 Å². The number of rotatable bonds is 4. The van der Waals surface area contributed by atoms with Gasteiger partial charge in [0.1, 0.15) is 0 Å². The Morgan fingerprint density at radius 1 is 1.16 bits per heavy atom. The van der Waals surface area contributed by atoms with Crippen LogP contribution in [0.2, 0.25) is 0 Å². The summed E-state index contributed by atoms with van der Waals surface area (Å²) in [4.78, 5) is 11.6. The lowest BCUT2D eigenvalue weighted by Gasteiger charge is -2.11. The van der Waals surface area contributed by atoms with Gasteiger partial charge in [0.05, 0.1) is 12.7 Å². The van der Waals surface area contributed by atoms with E-state index < -0.39 is 0 Å². The van der Waals surface area contributed by atoms with E-state index in [1.165, 1.54) is 7.11 Å². The number of anilines is 1. The van der Waals surface area contributed by atoms with Crippen LogP contribution in [0.25, 0.3) is 0 Å². The van der Waals surface area contributed by atoms with Crippen LogP contribution < -0.4 is 5.32 Å². The number of esters is 1. The van der Waals surface area contributed by atoms with Crippen LogP contribution in [0.5, 0.6) is 0 Å². The van der Waals surface area contributed by atoms with Gasteiger partial charge in [0.2, 0.25) is 0 Å². The topological polar surface area (TPSA) is 38.3 Å². The first-order valence-electron chi connectivity index (χ1n) is 5.87. The third-order valence-corrected chi connectivity index (χ3v) is 3.53. The molecule has 0 spiro atoms. The first-order valence-corrected chi connectivity index (χ1v) is 6.66. The van der Waals surface area contributed by atoms with E-state index in [-0.39, 0.29) is 5.97 Å². The molecule has 0 heterocycles. The number of nitrogens with one attached hydrogen (secondary N) is 1. The summed E-state index contributed by atoms with van der Waals surface area (Å²) in [7, 11) is 1.38. The van der Waals surface area contributed by atoms with Gasteiger partial charge < -0.3 is 10.1 Å². The van der Waals surface area contributed by atoms with Gasteiger partial charge in [0, 0.05) is 16.7 Å². The van der Waals surface area contributed by atoms with Crippen LogP contribution in [-0.4, -0.2) is 13.1 Å². The smallest absolute Gasteiger partial charge is 0.339 e. The highest BCUT2D eigenvalue weighted by Crippen LogP contribution is 2.20. The zero-order valence-corrected chi connectivity index (χ0v) is 12.1. The molecule has 0 atom stereocenters. The van der Waals surface area contributed by atoms with Crippen LogP contribution >= 0.6 is 15.9 Å². The Morgan fingerprint density at radius 2 is 1.84 bits per heavy atom. The van der Waals surface area contributed by atoms with Crippen molar-refractivity contribution in [2.75, 3.05) is 12.4 Å².